The number of carbonyl (C=O) groups is 1. The molecule has 1 saturated heterocycles. The number of rotatable bonds is 6. The van der Waals surface area contributed by atoms with Crippen molar-refractivity contribution in [2.45, 2.75) is 45.1 Å². The first-order valence-corrected chi connectivity index (χ1v) is 7.47. The van der Waals surface area contributed by atoms with Gasteiger partial charge in [-0.1, -0.05) is 19.0 Å². The summed E-state index contributed by atoms with van der Waals surface area (Å²) in [5.74, 6) is 1.13. The molecule has 1 aliphatic rings. The molecular weight excluding hydrogens is 272 g/mol. The van der Waals surface area contributed by atoms with Crippen molar-refractivity contribution in [3.05, 3.63) is 5.82 Å². The van der Waals surface area contributed by atoms with Crippen LogP contribution in [0.4, 0.5) is 6.01 Å². The molecule has 0 unspecified atom stereocenters. The molecule has 0 radical (unpaired) electrons. The summed E-state index contributed by atoms with van der Waals surface area (Å²) in [6, 6.07) is 0.750. The molecule has 0 aliphatic carbocycles. The van der Waals surface area contributed by atoms with Gasteiger partial charge >= 0.3 is 6.01 Å². The van der Waals surface area contributed by atoms with E-state index in [9.17, 15) is 4.79 Å². The fourth-order valence-corrected chi connectivity index (χ4v) is 2.32. The highest BCUT2D eigenvalue weighted by molar-refractivity contribution is 5.76. The average Bonchev–Trinajstić information content (AvgIpc) is 2.94. The quantitative estimate of drug-likeness (QED) is 0.859. The van der Waals surface area contributed by atoms with Gasteiger partial charge in [0.15, 0.2) is 5.82 Å². The maximum Gasteiger partial charge on any atom is 0.321 e. The molecule has 0 atom stereocenters. The Morgan fingerprint density at radius 1 is 1.48 bits per heavy atom. The fourth-order valence-electron chi connectivity index (χ4n) is 2.32. The Morgan fingerprint density at radius 3 is 2.76 bits per heavy atom. The molecule has 0 spiro atoms. The predicted octanol–water partition coefficient (Wildman–Crippen LogP) is 1.63. The van der Waals surface area contributed by atoms with E-state index >= 15 is 0 Å². The number of ether oxygens (including phenoxy) is 1. The van der Waals surface area contributed by atoms with Crippen LogP contribution >= 0.6 is 0 Å². The monoisotopic (exact) mass is 296 g/mol. The van der Waals surface area contributed by atoms with Gasteiger partial charge in [-0.2, -0.15) is 4.98 Å². The third kappa shape index (κ3) is 4.42. The zero-order valence-electron chi connectivity index (χ0n) is 13.0. The lowest BCUT2D eigenvalue weighted by Crippen LogP contribution is -2.42. The molecule has 7 nitrogen and oxygen atoms in total. The van der Waals surface area contributed by atoms with E-state index in [0.717, 1.165) is 25.9 Å². The molecule has 0 aromatic carbocycles. The minimum absolute atomic E-state index is 0.162. The van der Waals surface area contributed by atoms with E-state index in [1.807, 2.05) is 18.7 Å². The molecule has 0 saturated carbocycles. The first kappa shape index (κ1) is 15.8. The van der Waals surface area contributed by atoms with Gasteiger partial charge in [-0.25, -0.2) is 0 Å². The number of amides is 1. The van der Waals surface area contributed by atoms with E-state index in [4.69, 9.17) is 9.26 Å². The minimum Gasteiger partial charge on any atom is -0.384 e. The van der Waals surface area contributed by atoms with Crippen molar-refractivity contribution in [3.8, 4) is 0 Å². The van der Waals surface area contributed by atoms with Crippen LogP contribution in [0, 0.1) is 0 Å². The lowest BCUT2D eigenvalue weighted by Gasteiger charge is -2.32. The van der Waals surface area contributed by atoms with Crippen LogP contribution in [0.15, 0.2) is 4.52 Å². The van der Waals surface area contributed by atoms with Gasteiger partial charge < -0.3 is 19.5 Å². The largest absolute Gasteiger partial charge is 0.384 e. The number of likely N-dealkylation sites (tertiary alicyclic amines) is 1. The summed E-state index contributed by atoms with van der Waals surface area (Å²) in [5, 5.41) is 7.19. The van der Waals surface area contributed by atoms with Crippen molar-refractivity contribution in [2.75, 3.05) is 32.1 Å². The molecule has 1 aromatic rings. The second kappa shape index (κ2) is 7.40. The van der Waals surface area contributed by atoms with E-state index in [-0.39, 0.29) is 17.9 Å². The van der Waals surface area contributed by atoms with Crippen molar-refractivity contribution in [1.82, 2.24) is 15.0 Å². The SMILES string of the molecule is COCCC(=O)N1CCC(Nc2nc(C(C)C)no2)CC1. The summed E-state index contributed by atoms with van der Waals surface area (Å²) in [5.41, 5.74) is 0. The molecule has 1 aromatic heterocycles. The Labute approximate surface area is 125 Å². The second-order valence-electron chi connectivity index (χ2n) is 5.65. The van der Waals surface area contributed by atoms with E-state index in [1.54, 1.807) is 7.11 Å². The van der Waals surface area contributed by atoms with Crippen LogP contribution in [0.2, 0.25) is 0 Å². The predicted molar refractivity (Wildman–Crippen MR) is 78.1 cm³/mol. The third-order valence-electron chi connectivity index (χ3n) is 3.65. The summed E-state index contributed by atoms with van der Waals surface area (Å²) in [6.07, 6.45) is 2.23. The summed E-state index contributed by atoms with van der Waals surface area (Å²) >= 11 is 0. The summed E-state index contributed by atoms with van der Waals surface area (Å²) in [7, 11) is 1.61. The number of methoxy groups -OCH3 is 1. The van der Waals surface area contributed by atoms with Crippen LogP contribution < -0.4 is 5.32 Å². The zero-order valence-corrected chi connectivity index (χ0v) is 13.0. The van der Waals surface area contributed by atoms with Gasteiger partial charge in [0.2, 0.25) is 5.91 Å². The molecule has 1 amide bonds. The molecule has 2 rings (SSSR count). The van der Waals surface area contributed by atoms with Crippen molar-refractivity contribution < 1.29 is 14.1 Å². The molecule has 2 heterocycles. The number of hydrogen-bond acceptors (Lipinski definition) is 6. The van der Waals surface area contributed by atoms with Crippen LogP contribution in [0.25, 0.3) is 0 Å². The maximum absolute atomic E-state index is 11.9. The van der Waals surface area contributed by atoms with Gasteiger partial charge in [0.25, 0.3) is 0 Å². The highest BCUT2D eigenvalue weighted by Gasteiger charge is 2.23. The second-order valence-corrected chi connectivity index (χ2v) is 5.65. The highest BCUT2D eigenvalue weighted by atomic mass is 16.5. The van der Waals surface area contributed by atoms with E-state index in [2.05, 4.69) is 15.5 Å². The Morgan fingerprint density at radius 2 is 2.19 bits per heavy atom. The van der Waals surface area contributed by atoms with E-state index in [1.165, 1.54) is 0 Å². The number of nitrogens with zero attached hydrogens (tertiary/aromatic N) is 3. The van der Waals surface area contributed by atoms with Gasteiger partial charge in [0.05, 0.1) is 13.0 Å². The third-order valence-corrected chi connectivity index (χ3v) is 3.65. The van der Waals surface area contributed by atoms with E-state index < -0.39 is 0 Å². The Bertz CT molecular complexity index is 453. The van der Waals surface area contributed by atoms with Gasteiger partial charge in [-0.3, -0.25) is 4.79 Å². The molecule has 0 bridgehead atoms. The van der Waals surface area contributed by atoms with Gasteiger partial charge in [0, 0.05) is 32.2 Å². The molecular formula is C14H24N4O3. The van der Waals surface area contributed by atoms with Crippen LogP contribution in [0.3, 0.4) is 0 Å². The van der Waals surface area contributed by atoms with Crippen molar-refractivity contribution in [1.29, 1.82) is 0 Å². The minimum atomic E-state index is 0.162. The molecule has 118 valence electrons. The highest BCUT2D eigenvalue weighted by Crippen LogP contribution is 2.18. The molecule has 7 heteroatoms. The van der Waals surface area contributed by atoms with Crippen molar-refractivity contribution in [2.24, 2.45) is 0 Å². The molecule has 1 fully saturated rings. The van der Waals surface area contributed by atoms with Crippen LogP contribution in [-0.4, -0.2) is 53.8 Å². The van der Waals surface area contributed by atoms with Crippen LogP contribution in [0.1, 0.15) is 44.9 Å². The van der Waals surface area contributed by atoms with Gasteiger partial charge in [-0.15, -0.1) is 0 Å². The first-order chi connectivity index (χ1) is 10.1. The molecule has 21 heavy (non-hydrogen) atoms. The lowest BCUT2D eigenvalue weighted by atomic mass is 10.1. The number of aromatic nitrogens is 2. The Balaban J connectivity index is 1.77. The zero-order chi connectivity index (χ0) is 15.2. The standard InChI is InChI=1S/C14H24N4O3/c1-10(2)13-16-14(21-17-13)15-11-4-7-18(8-5-11)12(19)6-9-20-3/h10-11H,4-9H2,1-3H3,(H,15,16,17). The first-order valence-electron chi connectivity index (χ1n) is 7.47. The van der Waals surface area contributed by atoms with Crippen LogP contribution in [-0.2, 0) is 9.53 Å². The van der Waals surface area contributed by atoms with Gasteiger partial charge in [-0.05, 0) is 12.8 Å². The van der Waals surface area contributed by atoms with Crippen molar-refractivity contribution >= 4 is 11.9 Å². The summed E-state index contributed by atoms with van der Waals surface area (Å²) < 4.78 is 10.1. The Hall–Kier alpha value is -1.63. The molecule has 1 aliphatic heterocycles. The maximum atomic E-state index is 11.9. The van der Waals surface area contributed by atoms with Crippen molar-refractivity contribution in [3.63, 3.8) is 0 Å². The smallest absolute Gasteiger partial charge is 0.321 e. The number of hydrogen-bond donors (Lipinski definition) is 1. The lowest BCUT2D eigenvalue weighted by molar-refractivity contribution is -0.133. The number of carbonyl (C=O) groups excluding carboxylic acids is 1. The number of anilines is 1. The van der Waals surface area contributed by atoms with E-state index in [0.29, 0.717) is 24.9 Å². The summed E-state index contributed by atoms with van der Waals surface area (Å²) in [6.45, 7) is 6.05. The molecule has 1 N–H and O–H groups in total. The fraction of sp³-hybridized carbons (Fsp3) is 0.786. The van der Waals surface area contributed by atoms with Crippen LogP contribution in [0.5, 0.6) is 0 Å². The number of piperidine rings is 1. The number of nitrogens with one attached hydrogen (secondary N) is 1. The topological polar surface area (TPSA) is 80.5 Å². The normalized spacial score (nSPS) is 16.5. The summed E-state index contributed by atoms with van der Waals surface area (Å²) in [4.78, 5) is 18.1. The average molecular weight is 296 g/mol. The van der Waals surface area contributed by atoms with Gasteiger partial charge in [0.1, 0.15) is 0 Å². The Kier molecular flexibility index (Phi) is 5.55.